The summed E-state index contributed by atoms with van der Waals surface area (Å²) in [7, 11) is 0. The molecule has 4 rings (SSSR count). The molecule has 6 nitrogen and oxygen atoms in total. The van der Waals surface area contributed by atoms with Gasteiger partial charge in [-0.3, -0.25) is 4.99 Å². The molecule has 0 radical (unpaired) electrons. The van der Waals surface area contributed by atoms with E-state index in [2.05, 4.69) is 30.3 Å². The van der Waals surface area contributed by atoms with E-state index in [1.165, 1.54) is 6.07 Å². The van der Waals surface area contributed by atoms with Crippen molar-refractivity contribution in [2.24, 2.45) is 15.9 Å². The summed E-state index contributed by atoms with van der Waals surface area (Å²) in [5.74, 6) is -0.574. The summed E-state index contributed by atoms with van der Waals surface area (Å²) in [4.78, 5) is 13.4. The van der Waals surface area contributed by atoms with Crippen molar-refractivity contribution >= 4 is 23.1 Å². The van der Waals surface area contributed by atoms with Gasteiger partial charge >= 0.3 is 6.36 Å². The van der Waals surface area contributed by atoms with Gasteiger partial charge in [0.1, 0.15) is 5.82 Å². The van der Waals surface area contributed by atoms with E-state index in [4.69, 9.17) is 0 Å². The van der Waals surface area contributed by atoms with Gasteiger partial charge in [0.15, 0.2) is 17.4 Å². The van der Waals surface area contributed by atoms with Gasteiger partial charge in [0.2, 0.25) is 0 Å². The lowest BCUT2D eigenvalue weighted by molar-refractivity contribution is -0.275. The van der Waals surface area contributed by atoms with Crippen LogP contribution in [0.3, 0.4) is 0 Å². The van der Waals surface area contributed by atoms with Crippen LogP contribution in [0.1, 0.15) is 18.4 Å². The fourth-order valence-electron chi connectivity index (χ4n) is 3.41. The van der Waals surface area contributed by atoms with Crippen LogP contribution >= 0.6 is 0 Å². The molecule has 0 amide bonds. The van der Waals surface area contributed by atoms with Gasteiger partial charge in [-0.25, -0.2) is 14.4 Å². The maximum Gasteiger partial charge on any atom is 0.573 e. The third kappa shape index (κ3) is 4.93. The number of ether oxygens (including phenoxy) is 1. The van der Waals surface area contributed by atoms with Gasteiger partial charge < -0.3 is 15.4 Å². The van der Waals surface area contributed by atoms with Crippen LogP contribution in [0, 0.1) is 11.7 Å². The molecule has 0 unspecified atom stereocenters. The minimum Gasteiger partial charge on any atom is -0.403 e. The number of pyridine rings is 1. The molecule has 1 saturated heterocycles. The van der Waals surface area contributed by atoms with Crippen molar-refractivity contribution in [1.82, 2.24) is 10.3 Å². The average Bonchev–Trinajstić information content (AvgIpc) is 3.21. The van der Waals surface area contributed by atoms with Gasteiger partial charge in [-0.2, -0.15) is 0 Å². The fourth-order valence-corrected chi connectivity index (χ4v) is 3.41. The van der Waals surface area contributed by atoms with Crippen LogP contribution in [0.5, 0.6) is 5.75 Å². The summed E-state index contributed by atoms with van der Waals surface area (Å²) in [6, 6.07) is 6.55. The summed E-state index contributed by atoms with van der Waals surface area (Å²) in [6.07, 6.45) is -1.11. The number of alkyl halides is 3. The quantitative estimate of drug-likeness (QED) is 0.715. The van der Waals surface area contributed by atoms with Crippen molar-refractivity contribution in [2.45, 2.75) is 19.2 Å². The van der Waals surface area contributed by atoms with Gasteiger partial charge in [-0.1, -0.05) is 0 Å². The minimum absolute atomic E-state index is 0.241. The SMILES string of the molecule is Fc1cc(Nc2ccc(C3=NCC([C@@H]4CCCNC4)=N3)cn2)ccc1OC(F)(F)F. The van der Waals surface area contributed by atoms with E-state index in [1.807, 2.05) is 0 Å². The standard InChI is InChI=1S/C20H19F4N5O/c21-15-8-14(4-5-17(15)30-20(22,23)24)28-18-6-3-13(10-26-18)19-27-11-16(29-19)12-2-1-7-25-9-12/h3-6,8,10,12,25H,1-2,7,9,11H2,(H,26,28)/t12-/m1/s1. The Morgan fingerprint density at radius 2 is 2.03 bits per heavy atom. The monoisotopic (exact) mass is 421 g/mol. The summed E-state index contributed by atoms with van der Waals surface area (Å²) in [5, 5.41) is 6.21. The molecular formula is C20H19F4N5O. The summed E-state index contributed by atoms with van der Waals surface area (Å²) < 4.78 is 54.1. The molecule has 10 heteroatoms. The molecule has 2 aliphatic rings. The number of benzene rings is 1. The number of nitrogens with one attached hydrogen (secondary N) is 2. The Labute approximate surface area is 170 Å². The van der Waals surface area contributed by atoms with Crippen LogP contribution < -0.4 is 15.4 Å². The predicted molar refractivity (Wildman–Crippen MR) is 105 cm³/mol. The largest absolute Gasteiger partial charge is 0.573 e. The van der Waals surface area contributed by atoms with E-state index < -0.39 is 17.9 Å². The van der Waals surface area contributed by atoms with Gasteiger partial charge in [0.05, 0.1) is 6.54 Å². The molecule has 0 saturated carbocycles. The Morgan fingerprint density at radius 1 is 1.17 bits per heavy atom. The van der Waals surface area contributed by atoms with E-state index in [0.717, 1.165) is 49.3 Å². The van der Waals surface area contributed by atoms with E-state index in [1.54, 1.807) is 18.3 Å². The number of piperidine rings is 1. The second-order valence-electron chi connectivity index (χ2n) is 7.04. The zero-order chi connectivity index (χ0) is 21.1. The maximum absolute atomic E-state index is 13.8. The Bertz CT molecular complexity index is 966. The highest BCUT2D eigenvalue weighted by Crippen LogP contribution is 2.28. The Morgan fingerprint density at radius 3 is 2.70 bits per heavy atom. The molecule has 0 bridgehead atoms. The topological polar surface area (TPSA) is 70.9 Å². The first kappa shape index (κ1) is 20.3. The van der Waals surface area contributed by atoms with Crippen LogP contribution in [0.15, 0.2) is 46.5 Å². The molecule has 2 aromatic rings. The molecule has 0 aliphatic carbocycles. The smallest absolute Gasteiger partial charge is 0.403 e. The van der Waals surface area contributed by atoms with Crippen molar-refractivity contribution < 1.29 is 22.3 Å². The molecule has 1 atom stereocenters. The van der Waals surface area contributed by atoms with E-state index in [-0.39, 0.29) is 5.69 Å². The first-order valence-electron chi connectivity index (χ1n) is 9.49. The number of amidine groups is 1. The number of hydrogen-bond acceptors (Lipinski definition) is 6. The molecule has 1 aromatic heterocycles. The number of aliphatic imine (C=N–C) groups is 2. The third-order valence-corrected chi connectivity index (χ3v) is 4.86. The second kappa shape index (κ2) is 8.39. The lowest BCUT2D eigenvalue weighted by Gasteiger charge is -2.22. The minimum atomic E-state index is -4.95. The van der Waals surface area contributed by atoms with Crippen molar-refractivity contribution in [3.8, 4) is 5.75 Å². The van der Waals surface area contributed by atoms with Crippen molar-refractivity contribution in [1.29, 1.82) is 0 Å². The number of aromatic nitrogens is 1. The summed E-state index contributed by atoms with van der Waals surface area (Å²) in [6.45, 7) is 2.55. The molecule has 1 aromatic carbocycles. The number of nitrogens with zero attached hydrogens (tertiary/aromatic N) is 3. The van der Waals surface area contributed by atoms with Crippen LogP contribution in [-0.2, 0) is 0 Å². The first-order chi connectivity index (χ1) is 14.4. The van der Waals surface area contributed by atoms with Crippen LogP contribution in [0.25, 0.3) is 0 Å². The lowest BCUT2D eigenvalue weighted by Crippen LogP contribution is -2.34. The third-order valence-electron chi connectivity index (χ3n) is 4.86. The zero-order valence-corrected chi connectivity index (χ0v) is 15.8. The number of rotatable bonds is 5. The molecule has 0 spiro atoms. The number of hydrogen-bond donors (Lipinski definition) is 2. The number of halogens is 4. The molecule has 30 heavy (non-hydrogen) atoms. The van der Waals surface area contributed by atoms with Crippen LogP contribution in [0.2, 0.25) is 0 Å². The average molecular weight is 421 g/mol. The van der Waals surface area contributed by atoms with Crippen LogP contribution in [0.4, 0.5) is 29.1 Å². The zero-order valence-electron chi connectivity index (χ0n) is 15.8. The van der Waals surface area contributed by atoms with E-state index in [9.17, 15) is 17.6 Å². The molecule has 3 heterocycles. The Balaban J connectivity index is 1.41. The normalized spacial score (nSPS) is 19.3. The fraction of sp³-hybridized carbons (Fsp3) is 0.350. The summed E-state index contributed by atoms with van der Waals surface area (Å²) >= 11 is 0. The van der Waals surface area contributed by atoms with Crippen LogP contribution in [-0.4, -0.2) is 42.5 Å². The highest BCUT2D eigenvalue weighted by molar-refractivity contribution is 6.12. The summed E-state index contributed by atoms with van der Waals surface area (Å²) in [5.41, 5.74) is 2.08. The van der Waals surface area contributed by atoms with Gasteiger partial charge in [0.25, 0.3) is 0 Å². The lowest BCUT2D eigenvalue weighted by atomic mass is 9.94. The maximum atomic E-state index is 13.8. The van der Waals surface area contributed by atoms with E-state index in [0.29, 0.717) is 24.1 Å². The Hall–Kier alpha value is -3.01. The highest BCUT2D eigenvalue weighted by Gasteiger charge is 2.32. The molecule has 1 fully saturated rings. The van der Waals surface area contributed by atoms with E-state index >= 15 is 0 Å². The second-order valence-corrected chi connectivity index (χ2v) is 7.04. The predicted octanol–water partition coefficient (Wildman–Crippen LogP) is 4.06. The molecule has 158 valence electrons. The number of anilines is 2. The molecular weight excluding hydrogens is 402 g/mol. The highest BCUT2D eigenvalue weighted by atomic mass is 19.4. The molecule has 2 aliphatic heterocycles. The van der Waals surface area contributed by atoms with Gasteiger partial charge in [-0.05, 0) is 43.7 Å². The van der Waals surface area contributed by atoms with Crippen molar-refractivity contribution in [3.63, 3.8) is 0 Å². The van der Waals surface area contributed by atoms with Gasteiger partial charge in [0, 0.05) is 41.7 Å². The molecule has 2 N–H and O–H groups in total. The van der Waals surface area contributed by atoms with Crippen molar-refractivity contribution in [3.05, 3.63) is 47.9 Å². The van der Waals surface area contributed by atoms with Gasteiger partial charge in [-0.15, -0.1) is 13.2 Å². The first-order valence-corrected chi connectivity index (χ1v) is 9.49. The Kier molecular flexibility index (Phi) is 5.67. The van der Waals surface area contributed by atoms with Crippen molar-refractivity contribution in [2.75, 3.05) is 25.0 Å².